The van der Waals surface area contributed by atoms with Crippen LogP contribution in [0.1, 0.15) is 119 Å². The Bertz CT molecular complexity index is 1220. The number of rotatable bonds is 6. The van der Waals surface area contributed by atoms with E-state index >= 15 is 0 Å². The predicted molar refractivity (Wildman–Crippen MR) is 175 cm³/mol. The molecule has 0 radical (unpaired) electrons. The zero-order valence-corrected chi connectivity index (χ0v) is 29.8. The molecule has 2 N–H and O–H groups in total. The fraction of sp³-hybridized carbons (Fsp3) is 0.974. The molecule has 2 aliphatic heterocycles. The van der Waals surface area contributed by atoms with E-state index in [1.54, 1.807) is 0 Å². The van der Waals surface area contributed by atoms with Gasteiger partial charge in [-0.2, -0.15) is 0 Å². The Morgan fingerprint density at radius 2 is 1.72 bits per heavy atom. The number of ether oxygens (including phenoxy) is 3. The number of carbonyl (C=O) groups excluding carboxylic acids is 1. The van der Waals surface area contributed by atoms with Crippen LogP contribution in [0.3, 0.4) is 0 Å². The minimum atomic E-state index is -0.495. The second kappa shape index (κ2) is 10.6. The third kappa shape index (κ3) is 4.29. The quantitative estimate of drug-likeness (QED) is 0.360. The fourth-order valence-corrected chi connectivity index (χ4v) is 14.0. The van der Waals surface area contributed by atoms with E-state index < -0.39 is 12.2 Å². The molecule has 0 aromatic heterocycles. The van der Waals surface area contributed by atoms with Gasteiger partial charge in [-0.3, -0.25) is 4.79 Å². The van der Waals surface area contributed by atoms with Gasteiger partial charge in [-0.25, -0.2) is 0 Å². The normalized spacial score (nSPS) is 53.0. The summed E-state index contributed by atoms with van der Waals surface area (Å²) >= 11 is 0. The predicted octanol–water partition coefficient (Wildman–Crippen LogP) is 6.19. The van der Waals surface area contributed by atoms with Gasteiger partial charge < -0.3 is 29.3 Å². The first-order valence-corrected chi connectivity index (χ1v) is 19.3. The number of amides is 1. The van der Waals surface area contributed by atoms with Crippen LogP contribution >= 0.6 is 0 Å². The molecule has 8 fully saturated rings. The van der Waals surface area contributed by atoms with Crippen LogP contribution in [0.15, 0.2) is 0 Å². The lowest BCUT2D eigenvalue weighted by atomic mass is 9.41. The Balaban J connectivity index is 1.01. The van der Waals surface area contributed by atoms with E-state index in [4.69, 9.17) is 14.2 Å². The third-order valence-corrected chi connectivity index (χ3v) is 16.7. The zero-order chi connectivity index (χ0) is 32.6. The van der Waals surface area contributed by atoms with E-state index in [0.29, 0.717) is 66.5 Å². The van der Waals surface area contributed by atoms with E-state index in [-0.39, 0.29) is 52.7 Å². The summed E-state index contributed by atoms with van der Waals surface area (Å²) < 4.78 is 19.8. The van der Waals surface area contributed by atoms with Crippen LogP contribution in [0.25, 0.3) is 0 Å². The number of aliphatic hydroxyl groups excluding tert-OH is 2. The van der Waals surface area contributed by atoms with Gasteiger partial charge in [-0.05, 0) is 121 Å². The van der Waals surface area contributed by atoms with Gasteiger partial charge in [-0.15, -0.1) is 0 Å². The number of nitrogens with zero attached hydrogens (tertiary/aromatic N) is 1. The highest BCUT2D eigenvalue weighted by Gasteiger charge is 2.84. The molecule has 0 aromatic carbocycles. The average molecular weight is 642 g/mol. The van der Waals surface area contributed by atoms with Gasteiger partial charge in [0.05, 0.1) is 43.7 Å². The molecule has 8 rings (SSSR count). The Labute approximate surface area is 277 Å². The summed E-state index contributed by atoms with van der Waals surface area (Å²) in [6, 6.07) is 0. The van der Waals surface area contributed by atoms with Crippen molar-refractivity contribution in [3.8, 4) is 0 Å². The van der Waals surface area contributed by atoms with Crippen molar-refractivity contribution >= 4 is 5.91 Å². The van der Waals surface area contributed by atoms with Crippen LogP contribution < -0.4 is 0 Å². The van der Waals surface area contributed by atoms with Crippen LogP contribution in [0.2, 0.25) is 0 Å². The number of aliphatic hydroxyl groups is 2. The standard InChI is InChI=1S/C39H63NO6/c1-22(2)32(42)25-18-23(3)31-33(45-25)34(43)37(7)27-11-10-26-35(4,5)28(12-13-38(26)21-39(27,38)15-14-36(31,37)6)46-30-20-40(16-17-44-30)29(41)19-24-8-9-24/h22-28,30-34,42-43H,8-21H2,1-7H3/t23-,25?,26+,27?,28+,30?,31+,32-,33?,34+,36-,37?,38-,39?/m1/s1. The first-order valence-electron chi connectivity index (χ1n) is 19.3. The maximum Gasteiger partial charge on any atom is 0.223 e. The highest BCUT2D eigenvalue weighted by atomic mass is 16.7. The van der Waals surface area contributed by atoms with Crippen molar-refractivity contribution in [2.45, 2.75) is 156 Å². The van der Waals surface area contributed by atoms with E-state index in [9.17, 15) is 15.0 Å². The van der Waals surface area contributed by atoms with Gasteiger partial charge in [-0.1, -0.05) is 48.5 Å². The van der Waals surface area contributed by atoms with E-state index in [1.165, 1.54) is 51.4 Å². The van der Waals surface area contributed by atoms with Gasteiger partial charge in [0.25, 0.3) is 0 Å². The smallest absolute Gasteiger partial charge is 0.223 e. The Kier molecular flexibility index (Phi) is 7.51. The first kappa shape index (κ1) is 32.5. The largest absolute Gasteiger partial charge is 0.390 e. The molecule has 2 heterocycles. The lowest BCUT2D eigenvalue weighted by molar-refractivity contribution is -0.248. The second-order valence-electron chi connectivity index (χ2n) is 19.2. The maximum absolute atomic E-state index is 12.9. The SMILES string of the molecule is CC(C)[C@@H](O)C1C[C@@H](C)[C@H]2C(O1)[C@H](O)C1(C)C3CC[C@H]4C(C)(C)[C@@H](OC5CN(C(=O)CC6CC6)CCO5)CC[C@@]45CC35CC[C@]21C. The van der Waals surface area contributed by atoms with E-state index in [0.717, 1.165) is 12.8 Å². The Morgan fingerprint density at radius 1 is 1.00 bits per heavy atom. The summed E-state index contributed by atoms with van der Waals surface area (Å²) in [4.78, 5) is 14.9. The molecule has 2 spiro atoms. The van der Waals surface area contributed by atoms with Crippen LogP contribution in [-0.2, 0) is 19.0 Å². The summed E-state index contributed by atoms with van der Waals surface area (Å²) in [6.45, 7) is 18.2. The highest BCUT2D eigenvalue weighted by molar-refractivity contribution is 5.76. The molecular formula is C39H63NO6. The monoisotopic (exact) mass is 641 g/mol. The molecule has 2 saturated heterocycles. The molecule has 1 amide bonds. The molecule has 0 bridgehead atoms. The summed E-state index contributed by atoms with van der Waals surface area (Å²) in [7, 11) is 0. The molecule has 7 heteroatoms. The molecular weight excluding hydrogens is 578 g/mol. The average Bonchev–Trinajstić information content (AvgIpc) is 3.93. The van der Waals surface area contributed by atoms with Crippen molar-refractivity contribution in [1.82, 2.24) is 4.90 Å². The van der Waals surface area contributed by atoms with Gasteiger partial charge in [0.1, 0.15) is 0 Å². The van der Waals surface area contributed by atoms with E-state index in [1.807, 2.05) is 4.90 Å². The van der Waals surface area contributed by atoms with Crippen molar-refractivity contribution in [2.75, 3.05) is 19.7 Å². The molecule has 46 heavy (non-hydrogen) atoms. The van der Waals surface area contributed by atoms with Crippen LogP contribution in [0.5, 0.6) is 0 Å². The molecule has 14 atom stereocenters. The molecule has 7 nitrogen and oxygen atoms in total. The molecule has 0 aromatic rings. The zero-order valence-electron chi connectivity index (χ0n) is 29.8. The van der Waals surface area contributed by atoms with Crippen molar-refractivity contribution in [2.24, 2.45) is 62.6 Å². The van der Waals surface area contributed by atoms with Gasteiger partial charge in [0.2, 0.25) is 5.91 Å². The number of carbonyl (C=O) groups is 1. The second-order valence-corrected chi connectivity index (χ2v) is 19.2. The van der Waals surface area contributed by atoms with Gasteiger partial charge in [0, 0.05) is 18.4 Å². The third-order valence-electron chi connectivity index (χ3n) is 16.7. The summed E-state index contributed by atoms with van der Waals surface area (Å²) in [5.41, 5.74) is 0.505. The van der Waals surface area contributed by atoms with Gasteiger partial charge >= 0.3 is 0 Å². The minimum absolute atomic E-state index is 0.0259. The number of hydrogen-bond acceptors (Lipinski definition) is 6. The van der Waals surface area contributed by atoms with Crippen molar-refractivity contribution < 1.29 is 29.2 Å². The summed E-state index contributed by atoms with van der Waals surface area (Å²) in [6.07, 6.45) is 10.7. The van der Waals surface area contributed by atoms with Crippen molar-refractivity contribution in [3.05, 3.63) is 0 Å². The highest BCUT2D eigenvalue weighted by Crippen LogP contribution is 2.89. The van der Waals surface area contributed by atoms with Crippen molar-refractivity contribution in [1.29, 1.82) is 0 Å². The molecule has 8 aliphatic rings. The van der Waals surface area contributed by atoms with Crippen molar-refractivity contribution in [3.63, 3.8) is 0 Å². The summed E-state index contributed by atoms with van der Waals surface area (Å²) in [5, 5.41) is 23.5. The molecule has 6 saturated carbocycles. The molecule has 6 unspecified atom stereocenters. The number of fused-ring (bicyclic) bond motifs is 4. The Morgan fingerprint density at radius 3 is 2.43 bits per heavy atom. The maximum atomic E-state index is 12.9. The minimum Gasteiger partial charge on any atom is -0.390 e. The van der Waals surface area contributed by atoms with Crippen LogP contribution in [-0.4, -0.2) is 77.5 Å². The molecule has 260 valence electrons. The first-order chi connectivity index (χ1) is 21.7. The molecule has 6 aliphatic carbocycles. The van der Waals surface area contributed by atoms with Gasteiger partial charge in [0.15, 0.2) is 6.29 Å². The number of hydrogen-bond donors (Lipinski definition) is 2. The van der Waals surface area contributed by atoms with Crippen LogP contribution in [0, 0.1) is 62.6 Å². The number of morpholine rings is 1. The van der Waals surface area contributed by atoms with Crippen LogP contribution in [0.4, 0.5) is 0 Å². The fourth-order valence-electron chi connectivity index (χ4n) is 14.0. The van der Waals surface area contributed by atoms with E-state index in [2.05, 4.69) is 48.5 Å². The summed E-state index contributed by atoms with van der Waals surface area (Å²) in [5.74, 6) is 2.88. The Hall–Kier alpha value is -0.730. The lowest BCUT2D eigenvalue weighted by Gasteiger charge is -2.64. The topological polar surface area (TPSA) is 88.5 Å². The lowest BCUT2D eigenvalue weighted by Crippen LogP contribution is -2.60.